The lowest BCUT2D eigenvalue weighted by molar-refractivity contribution is 0.218. The molecule has 114 valence electrons. The van der Waals surface area contributed by atoms with Crippen LogP contribution in [0.4, 0.5) is 0 Å². The van der Waals surface area contributed by atoms with Crippen LogP contribution in [0.1, 0.15) is 36.1 Å². The molecule has 0 saturated heterocycles. The third kappa shape index (κ3) is 5.73. The predicted octanol–water partition coefficient (Wildman–Crippen LogP) is 2.74. The number of hydrogen-bond donors (Lipinski definition) is 1. The van der Waals surface area contributed by atoms with E-state index in [-0.39, 0.29) is 6.04 Å². The second-order valence-electron chi connectivity index (χ2n) is 5.17. The zero-order chi connectivity index (χ0) is 15.0. The van der Waals surface area contributed by atoms with Crippen LogP contribution in [0.25, 0.3) is 0 Å². The van der Waals surface area contributed by atoms with Crippen molar-refractivity contribution >= 4 is 10.8 Å². The van der Waals surface area contributed by atoms with Crippen molar-refractivity contribution in [3.8, 4) is 0 Å². The molecule has 0 amide bonds. The van der Waals surface area contributed by atoms with E-state index in [1.165, 1.54) is 16.7 Å². The first-order chi connectivity index (χ1) is 9.58. The van der Waals surface area contributed by atoms with Gasteiger partial charge in [-0.2, -0.15) is 0 Å². The highest BCUT2D eigenvalue weighted by Gasteiger charge is 2.16. The summed E-state index contributed by atoms with van der Waals surface area (Å²) in [6.07, 6.45) is 1.08. The fourth-order valence-corrected chi connectivity index (χ4v) is 3.35. The normalized spacial score (nSPS) is 14.2. The van der Waals surface area contributed by atoms with E-state index in [2.05, 4.69) is 44.3 Å². The summed E-state index contributed by atoms with van der Waals surface area (Å²) in [6.45, 7) is 7.86. The minimum atomic E-state index is -0.856. The van der Waals surface area contributed by atoms with Crippen molar-refractivity contribution in [2.45, 2.75) is 33.2 Å². The first-order valence-electron chi connectivity index (χ1n) is 7.23. The van der Waals surface area contributed by atoms with E-state index >= 15 is 0 Å². The van der Waals surface area contributed by atoms with E-state index < -0.39 is 10.8 Å². The van der Waals surface area contributed by atoms with E-state index in [9.17, 15) is 4.21 Å². The van der Waals surface area contributed by atoms with Crippen molar-refractivity contribution in [2.24, 2.45) is 0 Å². The van der Waals surface area contributed by atoms with Crippen LogP contribution >= 0.6 is 0 Å². The number of hydrogen-bond acceptors (Lipinski definition) is 3. The van der Waals surface area contributed by atoms with Crippen molar-refractivity contribution in [1.82, 2.24) is 5.32 Å². The Morgan fingerprint density at radius 3 is 2.75 bits per heavy atom. The molecule has 0 aliphatic heterocycles. The number of methoxy groups -OCH3 is 1. The molecule has 0 heterocycles. The van der Waals surface area contributed by atoms with Crippen molar-refractivity contribution in [3.63, 3.8) is 0 Å². The Balaban J connectivity index is 2.82. The van der Waals surface area contributed by atoms with Gasteiger partial charge in [-0.3, -0.25) is 4.21 Å². The molecule has 0 bridgehead atoms. The number of benzene rings is 1. The molecule has 1 aromatic rings. The quantitative estimate of drug-likeness (QED) is 0.761. The molecular weight excluding hydrogens is 270 g/mol. The predicted molar refractivity (Wildman–Crippen MR) is 86.7 cm³/mol. The van der Waals surface area contributed by atoms with Crippen LogP contribution in [-0.4, -0.2) is 36.0 Å². The van der Waals surface area contributed by atoms with E-state index in [1.54, 1.807) is 7.11 Å². The molecule has 0 aliphatic carbocycles. The van der Waals surface area contributed by atoms with Gasteiger partial charge in [-0.15, -0.1) is 0 Å². The summed E-state index contributed by atoms with van der Waals surface area (Å²) in [6, 6.07) is 6.63. The van der Waals surface area contributed by atoms with E-state index in [0.717, 1.165) is 13.0 Å². The molecular formula is C16H27NO2S. The summed E-state index contributed by atoms with van der Waals surface area (Å²) in [7, 11) is 0.791. The summed E-state index contributed by atoms with van der Waals surface area (Å²) in [5.41, 5.74) is 3.77. The van der Waals surface area contributed by atoms with E-state index in [4.69, 9.17) is 4.74 Å². The van der Waals surface area contributed by atoms with Gasteiger partial charge in [0.15, 0.2) is 0 Å². The van der Waals surface area contributed by atoms with Gasteiger partial charge in [0.2, 0.25) is 0 Å². The second kappa shape index (κ2) is 9.27. The fourth-order valence-electron chi connectivity index (χ4n) is 2.16. The topological polar surface area (TPSA) is 38.3 Å². The minimum absolute atomic E-state index is 0.160. The Bertz CT molecular complexity index is 434. The molecule has 1 rings (SSSR count). The first-order valence-corrected chi connectivity index (χ1v) is 8.71. The largest absolute Gasteiger partial charge is 0.384 e. The number of nitrogens with one attached hydrogen (secondary N) is 1. The summed E-state index contributed by atoms with van der Waals surface area (Å²) in [5.74, 6) is 1.25. The number of ether oxygens (including phenoxy) is 1. The molecule has 0 spiro atoms. The minimum Gasteiger partial charge on any atom is -0.384 e. The van der Waals surface area contributed by atoms with Crippen LogP contribution < -0.4 is 5.32 Å². The van der Waals surface area contributed by atoms with Crippen molar-refractivity contribution in [2.75, 3.05) is 31.8 Å². The van der Waals surface area contributed by atoms with Gasteiger partial charge in [0, 0.05) is 35.5 Å². The highest BCUT2D eigenvalue weighted by atomic mass is 32.2. The summed E-state index contributed by atoms with van der Waals surface area (Å²) < 4.78 is 17.1. The highest BCUT2D eigenvalue weighted by molar-refractivity contribution is 7.85. The first kappa shape index (κ1) is 17.3. The zero-order valence-electron chi connectivity index (χ0n) is 13.1. The number of aryl methyl sites for hydroxylation is 2. The second-order valence-corrected chi connectivity index (χ2v) is 6.79. The van der Waals surface area contributed by atoms with Gasteiger partial charge in [-0.25, -0.2) is 0 Å². The molecule has 1 N–H and O–H groups in total. The van der Waals surface area contributed by atoms with Crippen molar-refractivity contribution < 1.29 is 8.95 Å². The smallest absolute Gasteiger partial charge is 0.0577 e. The monoisotopic (exact) mass is 297 g/mol. The fraction of sp³-hybridized carbons (Fsp3) is 0.625. The summed E-state index contributed by atoms with van der Waals surface area (Å²) >= 11 is 0. The average Bonchev–Trinajstić information content (AvgIpc) is 2.44. The van der Waals surface area contributed by atoms with Crippen molar-refractivity contribution in [3.05, 3.63) is 34.9 Å². The molecule has 0 saturated carbocycles. The maximum Gasteiger partial charge on any atom is 0.0577 e. The maximum absolute atomic E-state index is 12.1. The molecule has 2 unspecified atom stereocenters. The van der Waals surface area contributed by atoms with Gasteiger partial charge in [0.25, 0.3) is 0 Å². The van der Waals surface area contributed by atoms with Crippen LogP contribution in [0.15, 0.2) is 18.2 Å². The molecule has 20 heavy (non-hydrogen) atoms. The summed E-state index contributed by atoms with van der Waals surface area (Å²) in [5, 5.41) is 3.53. The van der Waals surface area contributed by atoms with Gasteiger partial charge in [0.05, 0.1) is 6.61 Å². The van der Waals surface area contributed by atoms with E-state index in [1.807, 2.05) is 0 Å². The van der Waals surface area contributed by atoms with E-state index in [0.29, 0.717) is 18.1 Å². The molecule has 2 atom stereocenters. The Labute approximate surface area is 125 Å². The lowest BCUT2D eigenvalue weighted by Crippen LogP contribution is -2.28. The van der Waals surface area contributed by atoms with Crippen LogP contribution in [0, 0.1) is 13.8 Å². The third-order valence-electron chi connectivity index (χ3n) is 3.32. The lowest BCUT2D eigenvalue weighted by atomic mass is 10.00. The van der Waals surface area contributed by atoms with Crippen LogP contribution in [0.3, 0.4) is 0 Å². The van der Waals surface area contributed by atoms with Crippen molar-refractivity contribution in [1.29, 1.82) is 0 Å². The number of rotatable bonds is 9. The van der Waals surface area contributed by atoms with Crippen LogP contribution in [-0.2, 0) is 15.5 Å². The van der Waals surface area contributed by atoms with Crippen LogP contribution in [0.5, 0.6) is 0 Å². The van der Waals surface area contributed by atoms with Gasteiger partial charge < -0.3 is 10.1 Å². The third-order valence-corrected chi connectivity index (χ3v) is 4.65. The Morgan fingerprint density at radius 1 is 1.35 bits per heavy atom. The Hall–Kier alpha value is -0.710. The summed E-state index contributed by atoms with van der Waals surface area (Å²) in [4.78, 5) is 0. The average molecular weight is 297 g/mol. The Kier molecular flexibility index (Phi) is 8.04. The molecule has 0 fully saturated rings. The molecule has 0 aromatic heterocycles. The maximum atomic E-state index is 12.1. The van der Waals surface area contributed by atoms with Gasteiger partial charge in [0.1, 0.15) is 0 Å². The molecule has 4 heteroatoms. The highest BCUT2D eigenvalue weighted by Crippen LogP contribution is 2.20. The SMILES string of the molecule is CCCNC(CS(=O)CCOC)c1cc(C)ccc1C. The lowest BCUT2D eigenvalue weighted by Gasteiger charge is -2.21. The van der Waals surface area contributed by atoms with Gasteiger partial charge in [-0.1, -0.05) is 30.7 Å². The van der Waals surface area contributed by atoms with Gasteiger partial charge in [-0.05, 0) is 37.9 Å². The van der Waals surface area contributed by atoms with Gasteiger partial charge >= 0.3 is 0 Å². The Morgan fingerprint density at radius 2 is 2.10 bits per heavy atom. The molecule has 0 aliphatic rings. The molecule has 0 radical (unpaired) electrons. The zero-order valence-corrected chi connectivity index (χ0v) is 13.9. The molecule has 3 nitrogen and oxygen atoms in total. The standard InChI is InChI=1S/C16H27NO2S/c1-5-8-17-16(12-20(18)10-9-19-4)15-11-13(2)6-7-14(15)3/h6-7,11,16-17H,5,8-10,12H2,1-4H3. The molecule has 1 aromatic carbocycles. The van der Waals surface area contributed by atoms with Crippen LogP contribution in [0.2, 0.25) is 0 Å².